The first-order valence-electron chi connectivity index (χ1n) is 8.23. The molecule has 2 amide bonds. The number of carbonyl (C=O) groups excluding carboxylic acids is 2. The molecule has 142 valence electrons. The number of hydrazone groups is 1. The summed E-state index contributed by atoms with van der Waals surface area (Å²) in [4.78, 5) is 23.7. The van der Waals surface area contributed by atoms with Crippen LogP contribution in [0.2, 0.25) is 5.02 Å². The second-order valence-electron chi connectivity index (χ2n) is 5.69. The number of nitrogens with one attached hydrogen (secondary N) is 2. The monoisotopic (exact) mass is 459 g/mol. The molecule has 0 atom stereocenters. The van der Waals surface area contributed by atoms with Crippen LogP contribution in [0.5, 0.6) is 0 Å². The van der Waals surface area contributed by atoms with Gasteiger partial charge < -0.3 is 9.73 Å². The fraction of sp³-hybridized carbons (Fsp3) is 0.0500. The van der Waals surface area contributed by atoms with E-state index < -0.39 is 5.91 Å². The molecule has 0 radical (unpaired) electrons. The van der Waals surface area contributed by atoms with Gasteiger partial charge in [0.15, 0.2) is 0 Å². The van der Waals surface area contributed by atoms with Crippen molar-refractivity contribution < 1.29 is 14.0 Å². The van der Waals surface area contributed by atoms with Crippen molar-refractivity contribution in [2.45, 2.75) is 0 Å². The van der Waals surface area contributed by atoms with E-state index in [1.807, 2.05) is 30.3 Å². The summed E-state index contributed by atoms with van der Waals surface area (Å²) in [5, 5.41) is 6.86. The van der Waals surface area contributed by atoms with Gasteiger partial charge in [-0.05, 0) is 48.5 Å². The molecular weight excluding hydrogens is 446 g/mol. The molecule has 0 fully saturated rings. The van der Waals surface area contributed by atoms with Gasteiger partial charge in [0.1, 0.15) is 11.5 Å². The smallest absolute Gasteiger partial charge is 0.259 e. The number of furan rings is 1. The number of halogens is 2. The van der Waals surface area contributed by atoms with Gasteiger partial charge in [-0.2, -0.15) is 5.10 Å². The minimum atomic E-state index is -0.460. The zero-order valence-electron chi connectivity index (χ0n) is 14.5. The Hall–Kier alpha value is -2.90. The maximum Gasteiger partial charge on any atom is 0.259 e. The zero-order valence-corrected chi connectivity index (χ0v) is 16.8. The first-order valence-corrected chi connectivity index (χ1v) is 9.40. The summed E-state index contributed by atoms with van der Waals surface area (Å²) in [6.07, 6.45) is 1.39. The predicted molar refractivity (Wildman–Crippen MR) is 111 cm³/mol. The Morgan fingerprint density at radius 2 is 1.75 bits per heavy atom. The number of benzene rings is 2. The number of hydrogen-bond acceptors (Lipinski definition) is 4. The van der Waals surface area contributed by atoms with Gasteiger partial charge in [0.05, 0.1) is 12.8 Å². The molecule has 0 unspecified atom stereocenters. The second kappa shape index (κ2) is 9.34. The normalized spacial score (nSPS) is 10.8. The van der Waals surface area contributed by atoms with Crippen molar-refractivity contribution in [3.63, 3.8) is 0 Å². The molecule has 2 N–H and O–H groups in total. The molecule has 0 aliphatic rings. The third-order valence-corrected chi connectivity index (χ3v) is 4.43. The molecule has 0 saturated carbocycles. The van der Waals surface area contributed by atoms with E-state index in [1.165, 1.54) is 6.21 Å². The lowest BCUT2D eigenvalue weighted by molar-refractivity contribution is -0.120. The Morgan fingerprint density at radius 3 is 2.46 bits per heavy atom. The molecule has 0 spiro atoms. The van der Waals surface area contributed by atoms with Crippen molar-refractivity contribution in [2.24, 2.45) is 5.10 Å². The van der Waals surface area contributed by atoms with Crippen molar-refractivity contribution >= 4 is 45.6 Å². The first kappa shape index (κ1) is 19.9. The molecule has 0 bridgehead atoms. The topological polar surface area (TPSA) is 83.7 Å². The van der Waals surface area contributed by atoms with E-state index in [2.05, 4.69) is 31.8 Å². The van der Waals surface area contributed by atoms with E-state index in [4.69, 9.17) is 16.0 Å². The minimum absolute atomic E-state index is 0.207. The highest BCUT2D eigenvalue weighted by Gasteiger charge is 2.07. The number of nitrogens with zero attached hydrogens (tertiary/aromatic N) is 1. The highest BCUT2D eigenvalue weighted by atomic mass is 79.9. The first-order chi connectivity index (χ1) is 13.5. The molecule has 6 nitrogen and oxygen atoms in total. The van der Waals surface area contributed by atoms with Gasteiger partial charge in [-0.3, -0.25) is 9.59 Å². The molecule has 1 heterocycles. The van der Waals surface area contributed by atoms with E-state index in [-0.39, 0.29) is 12.5 Å². The molecule has 0 aliphatic carbocycles. The van der Waals surface area contributed by atoms with Crippen molar-refractivity contribution in [1.82, 2.24) is 10.7 Å². The van der Waals surface area contributed by atoms with Crippen LogP contribution in [0.25, 0.3) is 11.3 Å². The SMILES string of the molecule is O=C(CNC(=O)c1ccc(Cl)cc1)NN=Cc1ccc(-c2ccc(Br)cc2)o1. The van der Waals surface area contributed by atoms with Gasteiger partial charge in [-0.15, -0.1) is 0 Å². The van der Waals surface area contributed by atoms with E-state index in [1.54, 1.807) is 30.3 Å². The Bertz CT molecular complexity index is 998. The molecule has 0 aliphatic heterocycles. The largest absolute Gasteiger partial charge is 0.455 e. The van der Waals surface area contributed by atoms with Crippen LogP contribution < -0.4 is 10.7 Å². The van der Waals surface area contributed by atoms with Gasteiger partial charge in [0, 0.05) is 20.6 Å². The number of rotatable bonds is 6. The second-order valence-corrected chi connectivity index (χ2v) is 7.04. The van der Waals surface area contributed by atoms with Crippen LogP contribution in [-0.2, 0) is 4.79 Å². The third kappa shape index (κ3) is 5.55. The highest BCUT2D eigenvalue weighted by Crippen LogP contribution is 2.23. The van der Waals surface area contributed by atoms with E-state index in [0.717, 1.165) is 10.0 Å². The number of hydrogen-bond donors (Lipinski definition) is 2. The molecule has 8 heteroatoms. The predicted octanol–water partition coefficient (Wildman–Crippen LogP) is 4.24. The van der Waals surface area contributed by atoms with Crippen molar-refractivity contribution in [1.29, 1.82) is 0 Å². The summed E-state index contributed by atoms with van der Waals surface area (Å²) >= 11 is 9.16. The Morgan fingerprint density at radius 1 is 1.04 bits per heavy atom. The lowest BCUT2D eigenvalue weighted by Crippen LogP contribution is -2.34. The molecule has 3 rings (SSSR count). The molecule has 28 heavy (non-hydrogen) atoms. The number of amides is 2. The summed E-state index contributed by atoms with van der Waals surface area (Å²) in [5.41, 5.74) is 3.67. The molecule has 2 aromatic carbocycles. The fourth-order valence-electron chi connectivity index (χ4n) is 2.26. The van der Waals surface area contributed by atoms with Gasteiger partial charge in [-0.25, -0.2) is 5.43 Å². The summed E-state index contributed by atoms with van der Waals surface area (Å²) in [7, 11) is 0. The lowest BCUT2D eigenvalue weighted by atomic mass is 10.2. The van der Waals surface area contributed by atoms with E-state index in [9.17, 15) is 9.59 Å². The molecular formula is C20H15BrClN3O3. The van der Waals surface area contributed by atoms with Gasteiger partial charge >= 0.3 is 0 Å². The average molecular weight is 461 g/mol. The number of carbonyl (C=O) groups is 2. The minimum Gasteiger partial charge on any atom is -0.455 e. The fourth-order valence-corrected chi connectivity index (χ4v) is 2.65. The molecule has 0 saturated heterocycles. The van der Waals surface area contributed by atoms with E-state index in [0.29, 0.717) is 22.1 Å². The van der Waals surface area contributed by atoms with Crippen LogP contribution in [-0.4, -0.2) is 24.6 Å². The van der Waals surface area contributed by atoms with Crippen LogP contribution in [0, 0.1) is 0 Å². The van der Waals surface area contributed by atoms with Crippen LogP contribution in [0.4, 0.5) is 0 Å². The summed E-state index contributed by atoms with van der Waals surface area (Å²) in [5.74, 6) is 0.346. The lowest BCUT2D eigenvalue weighted by Gasteiger charge is -2.04. The Labute approximate surface area is 174 Å². The summed E-state index contributed by atoms with van der Waals surface area (Å²) in [6, 6.07) is 17.6. The van der Waals surface area contributed by atoms with Crippen molar-refractivity contribution in [3.8, 4) is 11.3 Å². The highest BCUT2D eigenvalue weighted by molar-refractivity contribution is 9.10. The van der Waals surface area contributed by atoms with Crippen LogP contribution in [0.15, 0.2) is 74.7 Å². The van der Waals surface area contributed by atoms with Crippen LogP contribution in [0.3, 0.4) is 0 Å². The Kier molecular flexibility index (Phi) is 6.62. The molecule has 1 aromatic heterocycles. The van der Waals surface area contributed by atoms with E-state index >= 15 is 0 Å². The Balaban J connectivity index is 1.48. The van der Waals surface area contributed by atoms with Crippen molar-refractivity contribution in [2.75, 3.05) is 6.54 Å². The van der Waals surface area contributed by atoms with Crippen molar-refractivity contribution in [3.05, 3.63) is 81.5 Å². The standard InChI is InChI=1S/C20H15BrClN3O3/c21-15-5-1-13(2-6-15)18-10-9-17(28-18)11-24-25-19(26)12-23-20(27)14-3-7-16(22)8-4-14/h1-11H,12H2,(H,23,27)(H,25,26). The van der Waals surface area contributed by atoms with Crippen LogP contribution >= 0.6 is 27.5 Å². The van der Waals surface area contributed by atoms with Crippen LogP contribution in [0.1, 0.15) is 16.1 Å². The maximum atomic E-state index is 11.9. The summed E-state index contributed by atoms with van der Waals surface area (Å²) in [6.45, 7) is -0.207. The summed E-state index contributed by atoms with van der Waals surface area (Å²) < 4.78 is 6.64. The van der Waals surface area contributed by atoms with Gasteiger partial charge in [0.2, 0.25) is 0 Å². The zero-order chi connectivity index (χ0) is 19.9. The third-order valence-electron chi connectivity index (χ3n) is 3.65. The molecule has 3 aromatic rings. The quantitative estimate of drug-likeness (QED) is 0.426. The van der Waals surface area contributed by atoms with Gasteiger partial charge in [-0.1, -0.05) is 39.7 Å². The maximum absolute atomic E-state index is 11.9. The average Bonchev–Trinajstić information content (AvgIpc) is 3.16. The van der Waals surface area contributed by atoms with Gasteiger partial charge in [0.25, 0.3) is 11.8 Å².